The van der Waals surface area contributed by atoms with Crippen LogP contribution < -0.4 is 4.57 Å². The zero-order valence-electron chi connectivity index (χ0n) is 16.6. The maximum Gasteiger partial charge on any atom is 0.204 e. The smallest absolute Gasteiger partial charge is 0.204 e. The van der Waals surface area contributed by atoms with Gasteiger partial charge < -0.3 is 9.13 Å². The third-order valence-electron chi connectivity index (χ3n) is 5.87. The fourth-order valence-electron chi connectivity index (χ4n) is 4.55. The first-order valence-electron chi connectivity index (χ1n) is 10.3. The largest absolute Gasteiger partial charge is 0.344 e. The Bertz CT molecular complexity index is 1160. The Kier molecular flexibility index (Phi) is 5.38. The topological polar surface area (TPSA) is 8.81 Å². The Morgan fingerprint density at radius 2 is 1.46 bits per heavy atom. The van der Waals surface area contributed by atoms with Gasteiger partial charge in [-0.1, -0.05) is 75.2 Å². The molecule has 0 saturated carbocycles. The Morgan fingerprint density at radius 1 is 0.821 bits per heavy atom. The van der Waals surface area contributed by atoms with Gasteiger partial charge in [-0.3, -0.25) is 0 Å². The van der Waals surface area contributed by atoms with Crippen LogP contribution in [0.2, 0.25) is 0 Å². The Hall–Kier alpha value is -1.99. The standard InChI is InChI=1S/C25H26N2.Rh/c1-3-5-15-26-17-27(16-6-4-2)25-21-12-8-10-19-14-13-18-9-7-11-20(24(25)26)22(18)23(19)21;/h7-14H,3-6,15-16H2,1-2H3;. The molecule has 0 saturated heterocycles. The van der Waals surface area contributed by atoms with E-state index in [1.54, 1.807) is 0 Å². The van der Waals surface area contributed by atoms with Gasteiger partial charge in [-0.15, -0.1) is 0 Å². The Labute approximate surface area is 179 Å². The molecule has 5 aromatic rings. The first-order chi connectivity index (χ1) is 13.3. The summed E-state index contributed by atoms with van der Waals surface area (Å²) in [5, 5.41) is 8.22. The van der Waals surface area contributed by atoms with Crippen molar-refractivity contribution in [3.63, 3.8) is 0 Å². The van der Waals surface area contributed by atoms with Crippen molar-refractivity contribution >= 4 is 43.4 Å². The number of hydrogen-bond acceptors (Lipinski definition) is 0. The van der Waals surface area contributed by atoms with Crippen LogP contribution in [0.5, 0.6) is 0 Å². The van der Waals surface area contributed by atoms with Crippen LogP contribution in [-0.2, 0) is 32.6 Å². The number of fused-ring (bicyclic) bond motifs is 3. The summed E-state index contributed by atoms with van der Waals surface area (Å²) in [6.07, 6.45) is 8.49. The van der Waals surface area contributed by atoms with E-state index in [1.165, 1.54) is 69.0 Å². The van der Waals surface area contributed by atoms with Crippen LogP contribution in [0.1, 0.15) is 39.5 Å². The van der Waals surface area contributed by atoms with Gasteiger partial charge in [-0.2, -0.15) is 0 Å². The van der Waals surface area contributed by atoms with E-state index in [0.717, 1.165) is 13.1 Å². The van der Waals surface area contributed by atoms with Crippen LogP contribution in [0.4, 0.5) is 0 Å². The number of nitrogens with zero attached hydrogens (tertiary/aromatic N) is 2. The van der Waals surface area contributed by atoms with Crippen molar-refractivity contribution < 1.29 is 24.0 Å². The van der Waals surface area contributed by atoms with Crippen LogP contribution in [0.3, 0.4) is 0 Å². The number of rotatable bonds is 6. The number of aryl methyl sites for hydroxylation is 2. The molecule has 5 rings (SSSR count). The molecular formula is C25H26N2Rh. The molecule has 1 radical (unpaired) electrons. The monoisotopic (exact) mass is 457 g/mol. The fraction of sp³-hybridized carbons (Fsp3) is 0.320. The number of aromatic nitrogens is 2. The van der Waals surface area contributed by atoms with Crippen molar-refractivity contribution in [2.45, 2.75) is 52.6 Å². The van der Waals surface area contributed by atoms with Gasteiger partial charge in [-0.25, -0.2) is 0 Å². The summed E-state index contributed by atoms with van der Waals surface area (Å²) in [6.45, 7) is 6.59. The minimum Gasteiger partial charge on any atom is -0.344 e. The number of benzene rings is 4. The quantitative estimate of drug-likeness (QED) is 0.124. The predicted octanol–water partition coefficient (Wildman–Crippen LogP) is 6.22. The van der Waals surface area contributed by atoms with Crippen LogP contribution >= 0.6 is 0 Å². The summed E-state index contributed by atoms with van der Waals surface area (Å²) < 4.78 is 4.77. The molecule has 0 aliphatic carbocycles. The molecular weight excluding hydrogens is 431 g/mol. The summed E-state index contributed by atoms with van der Waals surface area (Å²) in [5.41, 5.74) is 2.72. The first-order valence-corrected chi connectivity index (χ1v) is 10.3. The Morgan fingerprint density at radius 3 is 2.14 bits per heavy atom. The molecule has 28 heavy (non-hydrogen) atoms. The zero-order valence-corrected chi connectivity index (χ0v) is 18.2. The van der Waals surface area contributed by atoms with E-state index < -0.39 is 0 Å². The van der Waals surface area contributed by atoms with Crippen molar-refractivity contribution in [3.05, 3.63) is 54.9 Å². The molecule has 1 aromatic heterocycles. The summed E-state index contributed by atoms with van der Waals surface area (Å²) in [6, 6.07) is 18.0. The third kappa shape index (κ3) is 2.83. The van der Waals surface area contributed by atoms with E-state index in [9.17, 15) is 0 Å². The minimum atomic E-state index is 0. The molecule has 0 spiro atoms. The normalized spacial score (nSPS) is 11.8. The summed E-state index contributed by atoms with van der Waals surface area (Å²) in [4.78, 5) is 0. The molecule has 4 aromatic carbocycles. The Balaban J connectivity index is 0.00000192. The average Bonchev–Trinajstić information content (AvgIpc) is 3.08. The average molecular weight is 457 g/mol. The van der Waals surface area contributed by atoms with Crippen molar-refractivity contribution in [2.75, 3.05) is 0 Å². The predicted molar refractivity (Wildman–Crippen MR) is 114 cm³/mol. The summed E-state index contributed by atoms with van der Waals surface area (Å²) in [7, 11) is 0. The molecule has 0 aliphatic heterocycles. The molecule has 0 fully saturated rings. The van der Waals surface area contributed by atoms with Crippen molar-refractivity contribution in [1.82, 2.24) is 4.57 Å². The number of imidazole rings is 1. The van der Waals surface area contributed by atoms with Gasteiger partial charge in [0.1, 0.15) is 0 Å². The second-order valence-corrected chi connectivity index (χ2v) is 7.68. The van der Waals surface area contributed by atoms with Gasteiger partial charge in [-0.05, 0) is 45.2 Å². The van der Waals surface area contributed by atoms with Crippen molar-refractivity contribution in [3.8, 4) is 0 Å². The van der Waals surface area contributed by atoms with Gasteiger partial charge in [0.25, 0.3) is 0 Å². The van der Waals surface area contributed by atoms with E-state index in [-0.39, 0.29) is 19.5 Å². The molecule has 3 heteroatoms. The zero-order chi connectivity index (χ0) is 18.4. The van der Waals surface area contributed by atoms with Gasteiger partial charge >= 0.3 is 0 Å². The van der Waals surface area contributed by atoms with Crippen LogP contribution in [0.15, 0.2) is 48.5 Å². The third-order valence-corrected chi connectivity index (χ3v) is 5.87. The maximum atomic E-state index is 3.72. The SMILES string of the molecule is CCCCn1[c-][n+](CCCC)c2c3cccc4ccc5cccc(c5c43)c21.[Rh]. The van der Waals surface area contributed by atoms with Gasteiger partial charge in [0.05, 0.1) is 13.1 Å². The van der Waals surface area contributed by atoms with Crippen molar-refractivity contribution in [2.24, 2.45) is 0 Å². The second-order valence-electron chi connectivity index (χ2n) is 7.68. The first kappa shape index (κ1) is 19.3. The minimum absolute atomic E-state index is 0. The molecule has 0 unspecified atom stereocenters. The summed E-state index contributed by atoms with van der Waals surface area (Å²) >= 11 is 0. The molecule has 0 aliphatic rings. The second kappa shape index (κ2) is 7.80. The van der Waals surface area contributed by atoms with Gasteiger partial charge in [0.2, 0.25) is 6.33 Å². The number of unbranched alkanes of at least 4 members (excludes halogenated alkanes) is 2. The molecule has 1 heterocycles. The van der Waals surface area contributed by atoms with E-state index in [2.05, 4.69) is 77.8 Å². The van der Waals surface area contributed by atoms with E-state index in [4.69, 9.17) is 0 Å². The molecule has 0 N–H and O–H groups in total. The van der Waals surface area contributed by atoms with E-state index in [1.807, 2.05) is 0 Å². The summed E-state index contributed by atoms with van der Waals surface area (Å²) in [5.74, 6) is 0. The molecule has 0 atom stereocenters. The van der Waals surface area contributed by atoms with Crippen molar-refractivity contribution in [1.29, 1.82) is 0 Å². The molecule has 2 nitrogen and oxygen atoms in total. The van der Waals surface area contributed by atoms with Crippen LogP contribution in [0.25, 0.3) is 43.4 Å². The molecule has 145 valence electrons. The molecule has 0 bridgehead atoms. The van der Waals surface area contributed by atoms with Gasteiger partial charge in [0.15, 0.2) is 0 Å². The van der Waals surface area contributed by atoms with Gasteiger partial charge in [0, 0.05) is 30.5 Å². The molecule has 0 amide bonds. The maximum absolute atomic E-state index is 3.72. The van der Waals surface area contributed by atoms with E-state index in [0.29, 0.717) is 0 Å². The van der Waals surface area contributed by atoms with E-state index >= 15 is 0 Å². The fourth-order valence-corrected chi connectivity index (χ4v) is 4.55. The van der Waals surface area contributed by atoms with Crippen LogP contribution in [0, 0.1) is 6.33 Å². The number of hydrogen-bond donors (Lipinski definition) is 0. The van der Waals surface area contributed by atoms with Crippen LogP contribution in [-0.4, -0.2) is 4.57 Å².